The average molecular weight is 265 g/mol. The summed E-state index contributed by atoms with van der Waals surface area (Å²) < 4.78 is 0. The molecular weight excluding hydrogens is 246 g/mol. The van der Waals surface area contributed by atoms with Crippen LogP contribution in [0.2, 0.25) is 0 Å². The molecule has 3 rings (SSSR count). The lowest BCUT2D eigenvalue weighted by molar-refractivity contribution is 0.101. The second kappa shape index (κ2) is 5.12. The van der Waals surface area contributed by atoms with Crippen molar-refractivity contribution < 1.29 is 4.79 Å². The van der Waals surface area contributed by atoms with E-state index in [0.29, 0.717) is 5.92 Å². The van der Waals surface area contributed by atoms with Crippen molar-refractivity contribution in [2.45, 2.75) is 20.3 Å². The van der Waals surface area contributed by atoms with Crippen LogP contribution in [0.15, 0.2) is 48.5 Å². The fourth-order valence-electron chi connectivity index (χ4n) is 3.03. The number of nitrogens with zero attached hydrogens (tertiary/aromatic N) is 1. The maximum absolute atomic E-state index is 11.9. The molecule has 0 spiro atoms. The third kappa shape index (κ3) is 2.22. The van der Waals surface area contributed by atoms with Crippen molar-refractivity contribution in [3.05, 3.63) is 59.7 Å². The molecule has 1 aliphatic rings. The zero-order chi connectivity index (χ0) is 14.1. The van der Waals surface area contributed by atoms with E-state index in [1.165, 1.54) is 11.3 Å². The summed E-state index contributed by atoms with van der Waals surface area (Å²) in [6.07, 6.45) is 1.11. The van der Waals surface area contributed by atoms with Gasteiger partial charge in [0.1, 0.15) is 0 Å². The molecule has 2 nitrogen and oxygen atoms in total. The zero-order valence-corrected chi connectivity index (χ0v) is 12.0. The van der Waals surface area contributed by atoms with E-state index < -0.39 is 0 Å². The van der Waals surface area contributed by atoms with Crippen LogP contribution in [-0.2, 0) is 6.42 Å². The number of fused-ring (bicyclic) bond motifs is 1. The van der Waals surface area contributed by atoms with Gasteiger partial charge in [0, 0.05) is 17.8 Å². The maximum Gasteiger partial charge on any atom is 0.161 e. The van der Waals surface area contributed by atoms with Crippen LogP contribution in [0.4, 0.5) is 11.4 Å². The normalized spacial score (nSPS) is 17.7. The molecule has 2 aromatic rings. The zero-order valence-electron chi connectivity index (χ0n) is 12.0. The molecule has 2 aromatic carbocycles. The van der Waals surface area contributed by atoms with Crippen molar-refractivity contribution >= 4 is 17.2 Å². The molecule has 1 heterocycles. The predicted molar refractivity (Wildman–Crippen MR) is 82.8 cm³/mol. The molecule has 0 fully saturated rings. The molecule has 0 saturated heterocycles. The number of para-hydroxylation sites is 2. The lowest BCUT2D eigenvalue weighted by Crippen LogP contribution is -2.31. The second-order valence-corrected chi connectivity index (χ2v) is 5.62. The van der Waals surface area contributed by atoms with Crippen molar-refractivity contribution in [1.82, 2.24) is 0 Å². The summed E-state index contributed by atoms with van der Waals surface area (Å²) in [7, 11) is 0. The van der Waals surface area contributed by atoms with Crippen LogP contribution in [0.25, 0.3) is 0 Å². The van der Waals surface area contributed by atoms with E-state index in [9.17, 15) is 4.79 Å². The average Bonchev–Trinajstić information content (AvgIpc) is 2.46. The van der Waals surface area contributed by atoms with Gasteiger partial charge < -0.3 is 4.90 Å². The second-order valence-electron chi connectivity index (χ2n) is 5.62. The lowest BCUT2D eigenvalue weighted by Gasteiger charge is -2.35. The van der Waals surface area contributed by atoms with Crippen molar-refractivity contribution in [3.8, 4) is 0 Å². The Morgan fingerprint density at radius 1 is 1.05 bits per heavy atom. The van der Waals surface area contributed by atoms with Crippen LogP contribution < -0.4 is 4.90 Å². The monoisotopic (exact) mass is 265 g/mol. The van der Waals surface area contributed by atoms with Crippen LogP contribution in [-0.4, -0.2) is 12.3 Å². The molecular formula is C18H19NO. The van der Waals surface area contributed by atoms with Gasteiger partial charge in [0.05, 0.1) is 5.69 Å². The number of ketones is 1. The summed E-state index contributed by atoms with van der Waals surface area (Å²) in [4.78, 5) is 14.2. The number of rotatable bonds is 2. The number of carbonyl (C=O) groups excluding carboxylic acids is 1. The minimum atomic E-state index is 0.122. The molecule has 20 heavy (non-hydrogen) atoms. The Morgan fingerprint density at radius 2 is 1.70 bits per heavy atom. The van der Waals surface area contributed by atoms with Crippen LogP contribution >= 0.6 is 0 Å². The minimum Gasteiger partial charge on any atom is -0.340 e. The standard InChI is InChI=1S/C18H19NO/c1-13-11-15-7-3-5-9-17(15)19(12-13)18-10-6-4-8-16(18)14(2)20/h3-10,13H,11-12H2,1-2H3. The van der Waals surface area contributed by atoms with E-state index in [-0.39, 0.29) is 5.78 Å². The van der Waals surface area contributed by atoms with Gasteiger partial charge in [0.15, 0.2) is 5.78 Å². The molecule has 0 aromatic heterocycles. The molecule has 102 valence electrons. The molecule has 0 saturated carbocycles. The quantitative estimate of drug-likeness (QED) is 0.758. The van der Waals surface area contributed by atoms with E-state index in [4.69, 9.17) is 0 Å². The summed E-state index contributed by atoms with van der Waals surface area (Å²) in [6, 6.07) is 16.4. The Morgan fingerprint density at radius 3 is 2.45 bits per heavy atom. The van der Waals surface area contributed by atoms with E-state index >= 15 is 0 Å². The molecule has 1 unspecified atom stereocenters. The molecule has 0 amide bonds. The number of carbonyl (C=O) groups is 1. The van der Waals surface area contributed by atoms with E-state index in [2.05, 4.69) is 36.1 Å². The number of anilines is 2. The van der Waals surface area contributed by atoms with Crippen LogP contribution in [0.1, 0.15) is 29.8 Å². The SMILES string of the molecule is CC(=O)c1ccccc1N1CC(C)Cc2ccccc21. The molecule has 2 heteroatoms. The highest BCUT2D eigenvalue weighted by molar-refractivity contribution is 6.00. The highest BCUT2D eigenvalue weighted by Crippen LogP contribution is 2.36. The van der Waals surface area contributed by atoms with Crippen LogP contribution in [0.5, 0.6) is 0 Å². The first-order valence-corrected chi connectivity index (χ1v) is 7.12. The maximum atomic E-state index is 11.9. The molecule has 1 atom stereocenters. The Bertz CT molecular complexity index is 647. The van der Waals surface area contributed by atoms with Gasteiger partial charge in [-0.1, -0.05) is 37.3 Å². The third-order valence-corrected chi connectivity index (χ3v) is 3.92. The molecule has 0 N–H and O–H groups in total. The fourth-order valence-corrected chi connectivity index (χ4v) is 3.03. The van der Waals surface area contributed by atoms with Crippen molar-refractivity contribution in [2.24, 2.45) is 5.92 Å². The number of Topliss-reactive ketones (excluding diaryl/α,β-unsaturated/α-hetero) is 1. The van der Waals surface area contributed by atoms with Gasteiger partial charge in [-0.05, 0) is 43.0 Å². The van der Waals surface area contributed by atoms with Gasteiger partial charge in [-0.3, -0.25) is 4.79 Å². The van der Waals surface area contributed by atoms with Gasteiger partial charge in [-0.25, -0.2) is 0 Å². The predicted octanol–water partition coefficient (Wildman–Crippen LogP) is 4.22. The number of benzene rings is 2. The Kier molecular flexibility index (Phi) is 3.31. The molecule has 0 bridgehead atoms. The number of hydrogen-bond acceptors (Lipinski definition) is 2. The highest BCUT2D eigenvalue weighted by atomic mass is 16.1. The third-order valence-electron chi connectivity index (χ3n) is 3.92. The Balaban J connectivity index is 2.13. The van der Waals surface area contributed by atoms with Crippen LogP contribution in [0, 0.1) is 5.92 Å². The smallest absolute Gasteiger partial charge is 0.161 e. The van der Waals surface area contributed by atoms with Gasteiger partial charge in [-0.2, -0.15) is 0 Å². The number of hydrogen-bond donors (Lipinski definition) is 0. The highest BCUT2D eigenvalue weighted by Gasteiger charge is 2.24. The van der Waals surface area contributed by atoms with Crippen LogP contribution in [0.3, 0.4) is 0 Å². The largest absolute Gasteiger partial charge is 0.340 e. The summed E-state index contributed by atoms with van der Waals surface area (Å²) in [6.45, 7) is 4.86. The van der Waals surface area contributed by atoms with Gasteiger partial charge in [-0.15, -0.1) is 0 Å². The molecule has 0 aliphatic carbocycles. The van der Waals surface area contributed by atoms with Gasteiger partial charge in [0.2, 0.25) is 0 Å². The first-order chi connectivity index (χ1) is 9.66. The lowest BCUT2D eigenvalue weighted by atomic mass is 9.92. The van der Waals surface area contributed by atoms with Crippen molar-refractivity contribution in [1.29, 1.82) is 0 Å². The van der Waals surface area contributed by atoms with Crippen molar-refractivity contribution in [3.63, 3.8) is 0 Å². The summed E-state index contributed by atoms with van der Waals surface area (Å²) >= 11 is 0. The van der Waals surface area contributed by atoms with E-state index in [1.54, 1.807) is 6.92 Å². The first kappa shape index (κ1) is 12.9. The van der Waals surface area contributed by atoms with Crippen molar-refractivity contribution in [2.75, 3.05) is 11.4 Å². The summed E-state index contributed by atoms with van der Waals surface area (Å²) in [5.41, 5.74) is 4.43. The van der Waals surface area contributed by atoms with Gasteiger partial charge in [0.25, 0.3) is 0 Å². The minimum absolute atomic E-state index is 0.122. The topological polar surface area (TPSA) is 20.3 Å². The molecule has 0 radical (unpaired) electrons. The first-order valence-electron chi connectivity index (χ1n) is 7.12. The summed E-state index contributed by atoms with van der Waals surface area (Å²) in [5, 5.41) is 0. The van der Waals surface area contributed by atoms with E-state index in [0.717, 1.165) is 24.2 Å². The molecule has 1 aliphatic heterocycles. The fraction of sp³-hybridized carbons (Fsp3) is 0.278. The Labute approximate surface area is 120 Å². The van der Waals surface area contributed by atoms with Gasteiger partial charge >= 0.3 is 0 Å². The summed E-state index contributed by atoms with van der Waals surface area (Å²) in [5.74, 6) is 0.709. The van der Waals surface area contributed by atoms with E-state index in [1.807, 2.05) is 24.3 Å². The Hall–Kier alpha value is -2.09.